The molecule has 610 valence electrons. The van der Waals surface area contributed by atoms with Gasteiger partial charge in [-0.1, -0.05) is 83.5 Å². The lowest BCUT2D eigenvalue weighted by molar-refractivity contribution is -0.138. The third-order valence-corrected chi connectivity index (χ3v) is 21.6. The Kier molecular flexibility index (Phi) is 34.6. The van der Waals surface area contributed by atoms with E-state index in [1.807, 2.05) is 58.1 Å². The number of Topliss-reactive ketones (excluding diaryl/α,β-unsaturated/α-hetero) is 1. The number of thioether (sulfide) groups is 1. The average Bonchev–Trinajstić information content (AvgIpc) is 1.59. The maximum Gasteiger partial charge on any atom is 0.294 e. The van der Waals surface area contributed by atoms with E-state index in [0.717, 1.165) is 39.3 Å². The van der Waals surface area contributed by atoms with Crippen LogP contribution in [0.1, 0.15) is 139 Å². The number of fused-ring (bicyclic) bond motifs is 2. The number of hydrogen-bond acceptors (Lipinski definition) is 20. The van der Waals surface area contributed by atoms with Crippen molar-refractivity contribution in [3.63, 3.8) is 0 Å². The molecule has 9 amide bonds. The highest BCUT2D eigenvalue weighted by Gasteiger charge is 2.42. The van der Waals surface area contributed by atoms with Gasteiger partial charge < -0.3 is 86.2 Å². The summed E-state index contributed by atoms with van der Waals surface area (Å²) in [4.78, 5) is 154. The number of nitrogens with two attached hydrogens (primary N) is 7. The molecule has 0 aromatic heterocycles. The summed E-state index contributed by atoms with van der Waals surface area (Å²) >= 11 is -1.26. The smallest absolute Gasteiger partial charge is 0.294 e. The molecule has 3 heterocycles. The molecule has 0 bridgehead atoms. The average molecular weight is 1610 g/mol. The summed E-state index contributed by atoms with van der Waals surface area (Å²) < 4.78 is 61.6. The number of amides is 9. The number of anilines is 1. The van der Waals surface area contributed by atoms with Crippen LogP contribution in [-0.4, -0.2) is 203 Å². The first kappa shape index (κ1) is 90.5. The molecule has 38 heteroatoms. The van der Waals surface area contributed by atoms with Gasteiger partial charge in [-0.2, -0.15) is 8.42 Å². The summed E-state index contributed by atoms with van der Waals surface area (Å²) in [6.07, 6.45) is 11.8. The highest BCUT2D eigenvalue weighted by Crippen LogP contribution is 2.49. The molecule has 0 radical (unpaired) electrons. The molecular weight excluding hydrogens is 1510 g/mol. The normalized spacial score (nSPS) is 16.8. The number of imide groups is 1. The van der Waals surface area contributed by atoms with Crippen molar-refractivity contribution in [1.82, 2.24) is 36.8 Å². The zero-order chi connectivity index (χ0) is 82.6. The number of carbonyl (C=O) groups is 10. The molecular formula is C74H105N19O16S3. The SMILES string of the molecule is CC(=O)c1ccc(C[C@H](NC(=O)COCCNC(=O)[C@@H](CSC2CC(=O)N(CCNC(=O)CCCCCN3/C(=C/C=C/C=C/C4=Nc5ccc(S(=O)O)cc5C4(C)C)C(C)(C)c4cc(S(=O)(=O)O)ccc43)C2=O)NC(=O)[C@@H](CCCN=C(N)N)NC(=O)[C@@H](CCCN=C(N)N)NC(=O)[C@H](C)CCCN=C(N)N)C(N)=O)cc1. The number of aliphatic imine (C=N–C) groups is 4. The molecule has 3 aliphatic heterocycles. The van der Waals surface area contributed by atoms with E-state index < -0.39 is 121 Å². The topological polar surface area (TPSA) is 582 Å². The summed E-state index contributed by atoms with van der Waals surface area (Å²) in [7, 11) is -4.53. The first-order valence-corrected chi connectivity index (χ1v) is 40.1. The number of carbonyl (C=O) groups excluding carboxylic acids is 10. The predicted molar refractivity (Wildman–Crippen MR) is 427 cm³/mol. The number of rotatable bonds is 46. The van der Waals surface area contributed by atoms with Crippen molar-refractivity contribution in [2.75, 3.05) is 69.7 Å². The fraction of sp³-hybridized carbons (Fsp3) is 0.486. The van der Waals surface area contributed by atoms with Gasteiger partial charge in [0.25, 0.3) is 10.1 Å². The maximum absolute atomic E-state index is 14.6. The number of nitrogens with one attached hydrogen (secondary N) is 6. The van der Waals surface area contributed by atoms with Gasteiger partial charge in [0.1, 0.15) is 30.8 Å². The highest BCUT2D eigenvalue weighted by molar-refractivity contribution is 8.00. The Labute approximate surface area is 658 Å². The quantitative estimate of drug-likeness (QED) is 0.00548. The van der Waals surface area contributed by atoms with Crippen LogP contribution in [0.25, 0.3) is 0 Å². The molecule has 3 aromatic carbocycles. The Morgan fingerprint density at radius 2 is 1.29 bits per heavy atom. The minimum absolute atomic E-state index is 0.00697. The second-order valence-electron chi connectivity index (χ2n) is 28.1. The van der Waals surface area contributed by atoms with Crippen molar-refractivity contribution in [2.45, 2.75) is 169 Å². The van der Waals surface area contributed by atoms with E-state index in [2.05, 4.69) is 51.8 Å². The van der Waals surface area contributed by atoms with Gasteiger partial charge in [-0.3, -0.25) is 77.4 Å². The fourth-order valence-corrected chi connectivity index (χ4v) is 14.7. The number of ether oxygens (including phenoxy) is 1. The lowest BCUT2D eigenvalue weighted by Gasteiger charge is -2.27. The number of unbranched alkanes of at least 4 members (excludes halogenated alkanes) is 2. The summed E-state index contributed by atoms with van der Waals surface area (Å²) in [5.74, 6) is -7.73. The predicted octanol–water partition coefficient (Wildman–Crippen LogP) is 1.01. The van der Waals surface area contributed by atoms with Crippen molar-refractivity contribution >= 4 is 127 Å². The molecule has 22 N–H and O–H groups in total. The van der Waals surface area contributed by atoms with Gasteiger partial charge in [-0.15, -0.1) is 11.8 Å². The van der Waals surface area contributed by atoms with Crippen molar-refractivity contribution in [3.8, 4) is 0 Å². The van der Waals surface area contributed by atoms with E-state index in [9.17, 15) is 69.7 Å². The highest BCUT2D eigenvalue weighted by atomic mass is 32.2. The van der Waals surface area contributed by atoms with Gasteiger partial charge in [-0.25, -0.2) is 4.21 Å². The van der Waals surface area contributed by atoms with E-state index in [0.29, 0.717) is 61.0 Å². The first-order valence-electron chi connectivity index (χ1n) is 36.5. The molecule has 1 saturated heterocycles. The summed E-state index contributed by atoms with van der Waals surface area (Å²) in [6, 6.07) is 10.6. The Morgan fingerprint density at radius 1 is 0.679 bits per heavy atom. The van der Waals surface area contributed by atoms with Crippen LogP contribution in [-0.2, 0) is 86.3 Å². The van der Waals surface area contributed by atoms with Crippen molar-refractivity contribution < 1.29 is 74.4 Å². The standard InChI is InChI=1S/C74H105N19O16S3/c1-44(16-13-30-84-70(76)77)65(99)89-53(17-14-31-85-71(78)79)67(101)90-54(18-15-32-86-72(80)81)68(102)91-56(66(100)83-34-37-109-42-62(96)88-55(64(75)98)38-46-22-24-47(25-23-46)45(2)94)43-110-58-41-63(97)93(69(58)103)36-33-82-61(95)21-11-8-12-35-92-57-29-27-49(112(106,107)108)40-51(57)74(5,6)60(92)20-10-7-9-19-59-73(3,4)50-39-48(111(104)105)26-28-52(50)87-59/h7,9-10,19-20,22-29,39-40,44,53-56,58H,8,11-18,21,30-38,41-43H2,1-6H3,(H2,75,98)(H,82,95)(H,83,100)(H,88,96)(H,89,99)(H,90,101)(H,91,102)(H,104,105)(H4,76,77,84)(H4,78,79,85)(H4,80,81,86)(H,106,107,108)/b10-7+,19-9+,60-20+/t44-,53-,54-,55+,56-,58?/m1/s1. The maximum atomic E-state index is 14.6. The van der Waals surface area contributed by atoms with Crippen molar-refractivity contribution in [3.05, 3.63) is 119 Å². The van der Waals surface area contributed by atoms with Gasteiger partial charge in [0.15, 0.2) is 34.7 Å². The van der Waals surface area contributed by atoms with Crippen LogP contribution >= 0.6 is 11.8 Å². The van der Waals surface area contributed by atoms with Gasteiger partial charge in [0.2, 0.25) is 53.2 Å². The van der Waals surface area contributed by atoms with Crippen LogP contribution in [0.3, 0.4) is 0 Å². The Bertz CT molecular complexity index is 4280. The molecule has 35 nitrogen and oxygen atoms in total. The van der Waals surface area contributed by atoms with Gasteiger partial charge >= 0.3 is 0 Å². The number of ketones is 1. The molecule has 6 rings (SSSR count). The number of guanidine groups is 3. The van der Waals surface area contributed by atoms with E-state index in [4.69, 9.17) is 49.9 Å². The molecule has 3 aliphatic rings. The number of likely N-dealkylation sites (tertiary alicyclic amines) is 1. The monoisotopic (exact) mass is 1610 g/mol. The number of primary amides is 1. The minimum Gasteiger partial charge on any atom is -0.370 e. The Hall–Kier alpha value is -10.4. The first-order chi connectivity index (χ1) is 52.9. The second-order valence-corrected chi connectivity index (χ2v) is 31.7. The van der Waals surface area contributed by atoms with Crippen LogP contribution in [0.2, 0.25) is 0 Å². The molecule has 1 fully saturated rings. The van der Waals surface area contributed by atoms with E-state index >= 15 is 0 Å². The minimum atomic E-state index is -4.53. The van der Waals surface area contributed by atoms with Crippen LogP contribution in [0.15, 0.2) is 127 Å². The van der Waals surface area contributed by atoms with Gasteiger partial charge in [0.05, 0.1) is 33.0 Å². The second kappa shape index (κ2) is 42.8. The third kappa shape index (κ3) is 27.5. The molecule has 0 saturated carbocycles. The number of allylic oxidation sites excluding steroid dienone is 6. The summed E-state index contributed by atoms with van der Waals surface area (Å²) in [5, 5.41) is 15.0. The summed E-state index contributed by atoms with van der Waals surface area (Å²) in [6.45, 7) is 10.4. The zero-order valence-electron chi connectivity index (χ0n) is 63.7. The van der Waals surface area contributed by atoms with E-state index in [1.165, 1.54) is 19.1 Å². The Morgan fingerprint density at radius 3 is 1.89 bits per heavy atom. The lowest BCUT2D eigenvalue weighted by Crippen LogP contribution is -2.57. The van der Waals surface area contributed by atoms with Crippen LogP contribution in [0, 0.1) is 5.92 Å². The number of nitrogens with zero attached hydrogens (tertiary/aromatic N) is 6. The van der Waals surface area contributed by atoms with Crippen LogP contribution in [0.4, 0.5) is 11.4 Å². The third-order valence-electron chi connectivity index (χ3n) is 18.8. The molecule has 3 aromatic rings. The largest absolute Gasteiger partial charge is 0.370 e. The van der Waals surface area contributed by atoms with E-state index in [1.54, 1.807) is 55.5 Å². The fourth-order valence-electron chi connectivity index (χ4n) is 12.6. The van der Waals surface area contributed by atoms with Crippen LogP contribution < -0.4 is 76.9 Å². The molecule has 0 spiro atoms. The molecule has 2 unspecified atom stereocenters. The van der Waals surface area contributed by atoms with Gasteiger partial charge in [-0.05, 0) is 124 Å². The molecule has 112 heavy (non-hydrogen) atoms. The van der Waals surface area contributed by atoms with Gasteiger partial charge in [0, 0.05) is 105 Å². The van der Waals surface area contributed by atoms with E-state index in [-0.39, 0.29) is 136 Å². The zero-order valence-corrected chi connectivity index (χ0v) is 66.2. The lowest BCUT2D eigenvalue weighted by atomic mass is 9.81. The molecule has 0 aliphatic carbocycles. The van der Waals surface area contributed by atoms with Crippen molar-refractivity contribution in [2.24, 2.45) is 66.0 Å². The summed E-state index contributed by atoms with van der Waals surface area (Å²) in [5.41, 5.74) is 43.1. The Balaban J connectivity index is 1.09. The van der Waals surface area contributed by atoms with Crippen molar-refractivity contribution in [1.29, 1.82) is 0 Å². The number of hydrogen-bond donors (Lipinski definition) is 15. The number of benzene rings is 3. The molecule has 7 atom stereocenters. The van der Waals surface area contributed by atoms with Crippen LogP contribution in [0.5, 0.6) is 0 Å².